The van der Waals surface area contributed by atoms with Gasteiger partial charge in [-0.25, -0.2) is 18.8 Å². The molecule has 0 fully saturated rings. The zero-order valence-electron chi connectivity index (χ0n) is 14.0. The Morgan fingerprint density at radius 2 is 1.92 bits per heavy atom. The molecule has 0 unspecified atom stereocenters. The zero-order valence-corrected chi connectivity index (χ0v) is 16.3. The Labute approximate surface area is 162 Å². The number of benzene rings is 1. The molecule has 0 aliphatic carbocycles. The highest BCUT2D eigenvalue weighted by atomic mass is 127. The molecule has 0 aliphatic heterocycles. The van der Waals surface area contributed by atoms with Gasteiger partial charge in [-0.15, -0.1) is 24.0 Å². The topological polar surface area (TPSA) is 72.5 Å². The molecule has 3 N–H and O–H groups in total. The summed E-state index contributed by atoms with van der Waals surface area (Å²) in [6.45, 7) is 3.61. The molecule has 0 radical (unpaired) electrons. The van der Waals surface area contributed by atoms with Gasteiger partial charge in [0.25, 0.3) is 6.43 Å². The highest BCUT2D eigenvalue weighted by Gasteiger charge is 2.05. The van der Waals surface area contributed by atoms with Crippen molar-refractivity contribution in [2.24, 2.45) is 10.7 Å². The predicted molar refractivity (Wildman–Crippen MR) is 106 cm³/mol. The van der Waals surface area contributed by atoms with Crippen LogP contribution in [0.5, 0.6) is 5.88 Å². The number of pyridine rings is 1. The third-order valence-corrected chi connectivity index (χ3v) is 3.08. The summed E-state index contributed by atoms with van der Waals surface area (Å²) in [5, 5.41) is 3.03. The minimum absolute atomic E-state index is 0. The van der Waals surface area contributed by atoms with Crippen LogP contribution < -0.4 is 15.8 Å². The first-order valence-electron chi connectivity index (χ1n) is 7.43. The molecule has 1 heterocycles. The number of halogens is 3. The second kappa shape index (κ2) is 10.1. The first-order chi connectivity index (χ1) is 11.4. The van der Waals surface area contributed by atoms with Crippen molar-refractivity contribution >= 4 is 35.6 Å². The molecule has 0 spiro atoms. The van der Waals surface area contributed by atoms with Gasteiger partial charge in [0.15, 0.2) is 12.6 Å². The van der Waals surface area contributed by atoms with Gasteiger partial charge in [0.05, 0.1) is 6.54 Å². The minimum Gasteiger partial charge on any atom is -0.472 e. The van der Waals surface area contributed by atoms with E-state index in [1.54, 1.807) is 12.1 Å². The number of nitrogens with two attached hydrogens (primary N) is 1. The molecule has 2 rings (SSSR count). The summed E-state index contributed by atoms with van der Waals surface area (Å²) < 4.78 is 29.2. The lowest BCUT2D eigenvalue weighted by molar-refractivity contribution is 0.0795. The Morgan fingerprint density at radius 3 is 2.56 bits per heavy atom. The molecule has 5 nitrogen and oxygen atoms in total. The van der Waals surface area contributed by atoms with Crippen LogP contribution in [0.15, 0.2) is 41.5 Å². The van der Waals surface area contributed by atoms with Crippen molar-refractivity contribution in [1.29, 1.82) is 0 Å². The van der Waals surface area contributed by atoms with E-state index in [0.29, 0.717) is 0 Å². The summed E-state index contributed by atoms with van der Waals surface area (Å²) in [6.07, 6.45) is -1.05. The van der Waals surface area contributed by atoms with Crippen LogP contribution >= 0.6 is 24.0 Å². The Morgan fingerprint density at radius 1 is 1.24 bits per heavy atom. The van der Waals surface area contributed by atoms with Crippen molar-refractivity contribution in [3.63, 3.8) is 0 Å². The second-order valence-corrected chi connectivity index (χ2v) is 5.41. The van der Waals surface area contributed by atoms with E-state index in [2.05, 4.69) is 21.4 Å². The molecule has 8 heteroatoms. The lowest BCUT2D eigenvalue weighted by Crippen LogP contribution is -2.22. The quantitative estimate of drug-likeness (QED) is 0.388. The van der Waals surface area contributed by atoms with E-state index in [0.717, 1.165) is 22.4 Å². The summed E-state index contributed by atoms with van der Waals surface area (Å²) in [5.41, 5.74) is 9.76. The Bertz CT molecular complexity index is 705. The normalized spacial score (nSPS) is 11.2. The fraction of sp³-hybridized carbons (Fsp3) is 0.294. The summed E-state index contributed by atoms with van der Waals surface area (Å²) in [5.74, 6) is 0.413. The van der Waals surface area contributed by atoms with Crippen molar-refractivity contribution < 1.29 is 13.5 Å². The Balaban J connectivity index is 0.00000312. The first kappa shape index (κ1) is 21.1. The number of alkyl halides is 2. The van der Waals surface area contributed by atoms with E-state index in [9.17, 15) is 8.78 Å². The van der Waals surface area contributed by atoms with Crippen LogP contribution in [0.25, 0.3) is 0 Å². The van der Waals surface area contributed by atoms with Crippen LogP contribution in [-0.4, -0.2) is 24.0 Å². The lowest BCUT2D eigenvalue weighted by Gasteiger charge is -2.08. The maximum absolute atomic E-state index is 12.1. The number of hydrogen-bond donors (Lipinski definition) is 2. The van der Waals surface area contributed by atoms with Crippen LogP contribution in [0.2, 0.25) is 0 Å². The third-order valence-electron chi connectivity index (χ3n) is 3.08. The third kappa shape index (κ3) is 7.63. The van der Waals surface area contributed by atoms with Crippen molar-refractivity contribution in [3.05, 3.63) is 53.2 Å². The fourth-order valence-corrected chi connectivity index (χ4v) is 2.19. The highest BCUT2D eigenvalue weighted by molar-refractivity contribution is 14.0. The van der Waals surface area contributed by atoms with Crippen LogP contribution in [0.4, 0.5) is 14.5 Å². The summed E-state index contributed by atoms with van der Waals surface area (Å²) in [7, 11) is 0. The van der Waals surface area contributed by atoms with Gasteiger partial charge < -0.3 is 15.8 Å². The number of hydrogen-bond acceptors (Lipinski definition) is 3. The number of nitrogens with one attached hydrogen (secondary N) is 1. The molecular formula is C17H21F2IN4O. The molecule has 2 aromatic rings. The standard InChI is InChI=1S/C17H20F2N4O.HI/c1-11-5-12(2)7-14(6-11)23-17(20)22-9-13-3-4-21-16(8-13)24-10-15(18)19;/h3-8,15H,9-10H2,1-2H3,(H3,20,22,23);1H. The molecule has 25 heavy (non-hydrogen) atoms. The number of ether oxygens (including phenoxy) is 1. The number of aliphatic imine (C=N–C) groups is 1. The van der Waals surface area contributed by atoms with Gasteiger partial charge in [-0.05, 0) is 48.7 Å². The predicted octanol–water partition coefficient (Wildman–Crippen LogP) is 3.89. The van der Waals surface area contributed by atoms with Gasteiger partial charge in [0, 0.05) is 18.0 Å². The van der Waals surface area contributed by atoms with E-state index in [4.69, 9.17) is 10.5 Å². The maximum atomic E-state index is 12.1. The molecule has 136 valence electrons. The molecule has 0 aliphatic rings. The van der Waals surface area contributed by atoms with E-state index in [1.807, 2.05) is 26.0 Å². The number of rotatable bonds is 6. The monoisotopic (exact) mass is 462 g/mol. The van der Waals surface area contributed by atoms with Crippen molar-refractivity contribution in [2.75, 3.05) is 11.9 Å². The summed E-state index contributed by atoms with van der Waals surface area (Å²) >= 11 is 0. The van der Waals surface area contributed by atoms with Crippen LogP contribution in [0.1, 0.15) is 16.7 Å². The molecule has 0 amide bonds. The van der Waals surface area contributed by atoms with E-state index in [-0.39, 0.29) is 42.4 Å². The number of guanidine groups is 1. The van der Waals surface area contributed by atoms with Crippen LogP contribution in [-0.2, 0) is 6.54 Å². The zero-order chi connectivity index (χ0) is 17.5. The molecular weight excluding hydrogens is 441 g/mol. The van der Waals surface area contributed by atoms with Gasteiger partial charge in [0.1, 0.15) is 0 Å². The Kier molecular flexibility index (Phi) is 8.53. The molecule has 0 saturated carbocycles. The number of nitrogens with zero attached hydrogens (tertiary/aromatic N) is 2. The summed E-state index contributed by atoms with van der Waals surface area (Å²) in [6, 6.07) is 9.30. The number of anilines is 1. The minimum atomic E-state index is -2.54. The molecule has 0 saturated heterocycles. The van der Waals surface area contributed by atoms with Crippen LogP contribution in [0, 0.1) is 13.8 Å². The summed E-state index contributed by atoms with van der Waals surface area (Å²) in [4.78, 5) is 8.11. The maximum Gasteiger partial charge on any atom is 0.272 e. The SMILES string of the molecule is Cc1cc(C)cc(NC(N)=NCc2ccnc(OCC(F)F)c2)c1.I. The van der Waals surface area contributed by atoms with Crippen molar-refractivity contribution in [1.82, 2.24) is 4.98 Å². The lowest BCUT2D eigenvalue weighted by atomic mass is 10.1. The van der Waals surface area contributed by atoms with Gasteiger partial charge in [-0.1, -0.05) is 6.07 Å². The molecule has 1 aromatic heterocycles. The van der Waals surface area contributed by atoms with Gasteiger partial charge >= 0.3 is 0 Å². The average Bonchev–Trinajstić information content (AvgIpc) is 2.50. The van der Waals surface area contributed by atoms with Gasteiger partial charge in [-0.2, -0.15) is 0 Å². The Hall–Kier alpha value is -1.97. The number of aryl methyl sites for hydroxylation is 2. The van der Waals surface area contributed by atoms with Crippen molar-refractivity contribution in [2.45, 2.75) is 26.8 Å². The molecule has 1 aromatic carbocycles. The smallest absolute Gasteiger partial charge is 0.272 e. The average molecular weight is 462 g/mol. The van der Waals surface area contributed by atoms with Crippen LogP contribution in [0.3, 0.4) is 0 Å². The first-order valence-corrected chi connectivity index (χ1v) is 7.43. The molecule has 0 atom stereocenters. The number of aromatic nitrogens is 1. The second-order valence-electron chi connectivity index (χ2n) is 5.41. The fourth-order valence-electron chi connectivity index (χ4n) is 2.19. The largest absolute Gasteiger partial charge is 0.472 e. The van der Waals surface area contributed by atoms with Gasteiger partial charge in [0.2, 0.25) is 5.88 Å². The van der Waals surface area contributed by atoms with E-state index < -0.39 is 13.0 Å². The van der Waals surface area contributed by atoms with Gasteiger partial charge in [-0.3, -0.25) is 0 Å². The van der Waals surface area contributed by atoms with E-state index >= 15 is 0 Å². The van der Waals surface area contributed by atoms with Crippen molar-refractivity contribution in [3.8, 4) is 5.88 Å². The van der Waals surface area contributed by atoms with E-state index in [1.165, 1.54) is 6.20 Å². The molecule has 0 bridgehead atoms. The highest BCUT2D eigenvalue weighted by Crippen LogP contribution is 2.14.